The van der Waals surface area contributed by atoms with E-state index in [0.717, 1.165) is 31.4 Å². The van der Waals surface area contributed by atoms with Crippen LogP contribution in [0.4, 0.5) is 8.78 Å². The molecule has 0 aliphatic heterocycles. The van der Waals surface area contributed by atoms with Gasteiger partial charge in [-0.25, -0.2) is 17.8 Å². The molecule has 1 aliphatic rings. The fourth-order valence-electron chi connectivity index (χ4n) is 4.05. The average molecular weight is 470 g/mol. The van der Waals surface area contributed by atoms with Gasteiger partial charge in [-0.05, 0) is 49.2 Å². The van der Waals surface area contributed by atoms with Crippen LogP contribution in [0.25, 0.3) is 22.0 Å². The summed E-state index contributed by atoms with van der Waals surface area (Å²) in [4.78, 5) is 15.8. The summed E-state index contributed by atoms with van der Waals surface area (Å²) in [5, 5.41) is 0.402. The summed E-state index contributed by atoms with van der Waals surface area (Å²) in [7, 11) is -1.44. The summed E-state index contributed by atoms with van der Waals surface area (Å²) in [6.45, 7) is 0. The van der Waals surface area contributed by atoms with Gasteiger partial charge in [-0.15, -0.1) is 0 Å². The normalized spacial score (nSPS) is 15.8. The van der Waals surface area contributed by atoms with Gasteiger partial charge >= 0.3 is 0 Å². The molecule has 0 radical (unpaired) electrons. The van der Waals surface area contributed by atoms with Crippen molar-refractivity contribution in [1.82, 2.24) is 9.55 Å². The van der Waals surface area contributed by atoms with Crippen molar-refractivity contribution in [2.45, 2.75) is 29.4 Å². The number of halogens is 2. The van der Waals surface area contributed by atoms with Crippen LogP contribution in [0.3, 0.4) is 0 Å². The molecule has 2 aromatic heterocycles. The summed E-state index contributed by atoms with van der Waals surface area (Å²) >= 11 is 0. The van der Waals surface area contributed by atoms with Gasteiger partial charge in [-0.1, -0.05) is 6.42 Å². The van der Waals surface area contributed by atoms with E-state index >= 15 is 0 Å². The Morgan fingerprint density at radius 1 is 1.09 bits per heavy atom. The minimum atomic E-state index is -3.05. The predicted molar refractivity (Wildman–Crippen MR) is 122 cm³/mol. The third-order valence-electron chi connectivity index (χ3n) is 6.12. The molecule has 1 unspecified atom stereocenters. The maximum absolute atomic E-state index is 14.3. The van der Waals surface area contributed by atoms with Crippen LogP contribution in [0.15, 0.2) is 64.5 Å². The van der Waals surface area contributed by atoms with Crippen molar-refractivity contribution >= 4 is 20.6 Å². The number of ether oxygens (including phenoxy) is 1. The highest BCUT2D eigenvalue weighted by molar-refractivity contribution is 7.93. The van der Waals surface area contributed by atoms with Crippen LogP contribution in [-0.4, -0.2) is 19.0 Å². The first-order valence-corrected chi connectivity index (χ1v) is 12.1. The van der Waals surface area contributed by atoms with Crippen molar-refractivity contribution < 1.29 is 17.7 Å². The van der Waals surface area contributed by atoms with Crippen molar-refractivity contribution in [2.75, 3.05) is 0 Å². The first-order chi connectivity index (χ1) is 15.8. The molecule has 2 N–H and O–H groups in total. The number of nitrogens with zero attached hydrogens (tertiary/aromatic N) is 1. The number of aromatic nitrogens is 2. The standard InChI is InChI=1S/C24H21F2N3O3S/c1-29-13-19(17-9-10-28-23(17)24(29)30)18-12-16(33(27,31)15-3-2-4-15)6-8-21(18)32-22-7-5-14(25)11-20(22)26/h5-13,15,27-28H,2-4H2,1H3. The molecule has 6 nitrogen and oxygen atoms in total. The van der Waals surface area contributed by atoms with Gasteiger partial charge in [0.05, 0.1) is 9.73 Å². The van der Waals surface area contributed by atoms with Crippen LogP contribution in [-0.2, 0) is 16.8 Å². The smallest absolute Gasteiger partial charge is 0.274 e. The topological polar surface area (TPSA) is 87.9 Å². The summed E-state index contributed by atoms with van der Waals surface area (Å²) < 4.78 is 56.8. The lowest BCUT2D eigenvalue weighted by Gasteiger charge is -2.28. The highest BCUT2D eigenvalue weighted by Gasteiger charge is 2.30. The molecule has 170 valence electrons. The molecule has 0 amide bonds. The summed E-state index contributed by atoms with van der Waals surface area (Å²) in [5.74, 6) is -1.53. The van der Waals surface area contributed by atoms with Crippen LogP contribution in [0.5, 0.6) is 11.5 Å². The molecule has 0 saturated heterocycles. The van der Waals surface area contributed by atoms with Gasteiger partial charge in [0.15, 0.2) is 11.6 Å². The molecule has 5 rings (SSSR count). The lowest BCUT2D eigenvalue weighted by Crippen LogP contribution is -2.27. The first kappa shape index (κ1) is 21.4. The Hall–Kier alpha value is -3.46. The van der Waals surface area contributed by atoms with E-state index in [2.05, 4.69) is 4.98 Å². The molecule has 0 bridgehead atoms. The zero-order chi connectivity index (χ0) is 23.3. The number of rotatable bonds is 5. The molecular weight excluding hydrogens is 448 g/mol. The highest BCUT2D eigenvalue weighted by Crippen LogP contribution is 2.40. The quantitative estimate of drug-likeness (QED) is 0.401. The number of pyridine rings is 1. The van der Waals surface area contributed by atoms with E-state index in [-0.39, 0.29) is 22.3 Å². The fraction of sp³-hybridized carbons (Fsp3) is 0.208. The van der Waals surface area contributed by atoms with Crippen molar-refractivity contribution in [3.8, 4) is 22.6 Å². The second-order valence-corrected chi connectivity index (χ2v) is 10.6. The van der Waals surface area contributed by atoms with E-state index in [1.165, 1.54) is 10.6 Å². The van der Waals surface area contributed by atoms with Crippen molar-refractivity contribution in [2.24, 2.45) is 7.05 Å². The van der Waals surface area contributed by atoms with E-state index < -0.39 is 21.4 Å². The Morgan fingerprint density at radius 2 is 1.85 bits per heavy atom. The van der Waals surface area contributed by atoms with E-state index in [4.69, 9.17) is 9.52 Å². The summed E-state index contributed by atoms with van der Waals surface area (Å²) in [5.41, 5.74) is 1.21. The molecule has 1 saturated carbocycles. The Balaban J connectivity index is 1.73. The van der Waals surface area contributed by atoms with Gasteiger partial charge in [0, 0.05) is 52.2 Å². The maximum atomic E-state index is 14.3. The number of aryl methyl sites for hydroxylation is 1. The van der Waals surface area contributed by atoms with Crippen LogP contribution >= 0.6 is 0 Å². The number of nitrogens with one attached hydrogen (secondary N) is 2. The molecular formula is C24H21F2N3O3S. The second-order valence-electron chi connectivity index (χ2n) is 8.21. The number of aromatic amines is 1. The molecule has 2 heterocycles. The van der Waals surface area contributed by atoms with Gasteiger partial charge < -0.3 is 14.3 Å². The monoisotopic (exact) mass is 469 g/mol. The zero-order valence-electron chi connectivity index (χ0n) is 17.7. The molecule has 33 heavy (non-hydrogen) atoms. The van der Waals surface area contributed by atoms with Crippen LogP contribution in [0.1, 0.15) is 19.3 Å². The van der Waals surface area contributed by atoms with E-state index in [9.17, 15) is 17.8 Å². The maximum Gasteiger partial charge on any atom is 0.274 e. The Morgan fingerprint density at radius 3 is 2.55 bits per heavy atom. The van der Waals surface area contributed by atoms with Crippen molar-refractivity contribution in [3.05, 3.63) is 76.8 Å². The van der Waals surface area contributed by atoms with Crippen molar-refractivity contribution in [3.63, 3.8) is 0 Å². The molecule has 0 spiro atoms. The number of fused-ring (bicyclic) bond motifs is 1. The van der Waals surface area contributed by atoms with Gasteiger partial charge in [0.25, 0.3) is 5.56 Å². The Bertz CT molecular complexity index is 1550. The molecule has 2 aromatic carbocycles. The molecule has 9 heteroatoms. The van der Waals surface area contributed by atoms with Gasteiger partial charge in [-0.3, -0.25) is 4.79 Å². The number of hydrogen-bond acceptors (Lipinski definition) is 4. The summed E-state index contributed by atoms with van der Waals surface area (Å²) in [6, 6.07) is 9.48. The average Bonchev–Trinajstić information content (AvgIpc) is 3.21. The largest absolute Gasteiger partial charge is 0.454 e. The molecule has 1 atom stereocenters. The molecule has 4 aromatic rings. The number of benzene rings is 2. The third-order valence-corrected chi connectivity index (χ3v) is 8.49. The predicted octanol–water partition coefficient (Wildman–Crippen LogP) is 5.56. The first-order valence-electron chi connectivity index (χ1n) is 10.5. The van der Waals surface area contributed by atoms with E-state index in [1.54, 1.807) is 43.7 Å². The highest BCUT2D eigenvalue weighted by atomic mass is 32.2. The third kappa shape index (κ3) is 3.62. The fourth-order valence-corrected chi connectivity index (χ4v) is 6.00. The van der Waals surface area contributed by atoms with E-state index in [1.807, 2.05) is 0 Å². The minimum absolute atomic E-state index is 0.175. The lowest BCUT2D eigenvalue weighted by atomic mass is 10.00. The number of H-pyrrole nitrogens is 1. The van der Waals surface area contributed by atoms with Crippen LogP contribution in [0, 0.1) is 16.4 Å². The van der Waals surface area contributed by atoms with Crippen LogP contribution < -0.4 is 10.3 Å². The SMILES string of the molecule is Cn1cc(-c2cc(S(=N)(=O)C3CCC3)ccc2Oc2ccc(F)cc2F)c2cc[nH]c2c1=O. The van der Waals surface area contributed by atoms with Gasteiger partial charge in [0.2, 0.25) is 0 Å². The zero-order valence-corrected chi connectivity index (χ0v) is 18.5. The minimum Gasteiger partial charge on any atom is -0.454 e. The second kappa shape index (κ2) is 7.84. The lowest BCUT2D eigenvalue weighted by molar-refractivity contribution is 0.438. The molecule has 1 aliphatic carbocycles. The summed E-state index contributed by atoms with van der Waals surface area (Å²) in [6.07, 6.45) is 5.68. The van der Waals surface area contributed by atoms with E-state index in [0.29, 0.717) is 26.9 Å². The number of hydrogen-bond donors (Lipinski definition) is 2. The van der Waals surface area contributed by atoms with Crippen LogP contribution in [0.2, 0.25) is 0 Å². The molecule has 1 fully saturated rings. The van der Waals surface area contributed by atoms with Gasteiger partial charge in [-0.2, -0.15) is 0 Å². The Kier molecular flexibility index (Phi) is 5.08. The van der Waals surface area contributed by atoms with Gasteiger partial charge in [0.1, 0.15) is 17.1 Å². The Labute approximate surface area is 188 Å². The van der Waals surface area contributed by atoms with Crippen molar-refractivity contribution in [1.29, 1.82) is 4.78 Å².